The zero-order valence-electron chi connectivity index (χ0n) is 5.71. The molecule has 0 bridgehead atoms. The molecule has 0 aromatic heterocycles. The van der Waals surface area contributed by atoms with Crippen LogP contribution in [0.5, 0.6) is 0 Å². The van der Waals surface area contributed by atoms with Crippen LogP contribution in [0.4, 0.5) is 0 Å². The predicted octanol–water partition coefficient (Wildman–Crippen LogP) is 1.02. The molecule has 4 heteroatoms. The summed E-state index contributed by atoms with van der Waals surface area (Å²) in [6.07, 6.45) is 0. The molecule has 0 spiro atoms. The number of hydrogen-bond donors (Lipinski definition) is 0. The first-order valence-corrected chi connectivity index (χ1v) is 4.34. The highest BCUT2D eigenvalue weighted by Crippen LogP contribution is 2.42. The summed E-state index contributed by atoms with van der Waals surface area (Å²) in [5.74, 6) is 0. The first-order valence-electron chi connectivity index (χ1n) is 2.32. The van der Waals surface area contributed by atoms with Crippen molar-refractivity contribution in [1.82, 2.24) is 4.67 Å². The third kappa shape index (κ3) is 1.95. The molecule has 0 amide bonds. The fraction of sp³-hybridized carbons (Fsp3) is 1.00. The largest absolute Gasteiger partial charge is 0.321 e. The fourth-order valence-electron chi connectivity index (χ4n) is 0.163. The molecule has 3 nitrogen and oxygen atoms in total. The average molecular weight is 137 g/mol. The van der Waals surface area contributed by atoms with Gasteiger partial charge in [-0.05, 0) is 14.1 Å². The van der Waals surface area contributed by atoms with E-state index < -0.39 is 7.52 Å². The van der Waals surface area contributed by atoms with Gasteiger partial charge in [-0.25, -0.2) is 4.67 Å². The number of nitrogens with zero attached hydrogens (tertiary/aromatic N) is 1. The van der Waals surface area contributed by atoms with Crippen LogP contribution in [0.1, 0.15) is 0 Å². The summed E-state index contributed by atoms with van der Waals surface area (Å²) in [4.78, 5) is 0. The maximum Gasteiger partial charge on any atom is 0.268 e. The molecule has 8 heavy (non-hydrogen) atoms. The van der Waals surface area contributed by atoms with E-state index in [1.54, 1.807) is 25.4 Å². The Morgan fingerprint density at radius 2 is 1.88 bits per heavy atom. The molecule has 0 unspecified atom stereocenters. The summed E-state index contributed by atoms with van der Waals surface area (Å²) in [6, 6.07) is 0. The number of hydrogen-bond acceptors (Lipinski definition) is 2. The zero-order chi connectivity index (χ0) is 6.78. The lowest BCUT2D eigenvalue weighted by atomic mass is 11.3. The minimum Gasteiger partial charge on any atom is -0.321 e. The van der Waals surface area contributed by atoms with Crippen molar-refractivity contribution < 1.29 is 9.09 Å². The second-order valence-corrected chi connectivity index (χ2v) is 4.60. The first-order chi connectivity index (χ1) is 3.50. The lowest BCUT2D eigenvalue weighted by Gasteiger charge is -2.17. The summed E-state index contributed by atoms with van der Waals surface area (Å²) in [5.41, 5.74) is 0. The van der Waals surface area contributed by atoms with E-state index in [1.165, 1.54) is 7.11 Å². The molecule has 0 heterocycles. The normalized spacial score (nSPS) is 18.6. The lowest BCUT2D eigenvalue weighted by molar-refractivity contribution is 0.351. The van der Waals surface area contributed by atoms with Gasteiger partial charge in [0.1, 0.15) is 0 Å². The van der Waals surface area contributed by atoms with Crippen LogP contribution < -0.4 is 0 Å². The van der Waals surface area contributed by atoms with Crippen molar-refractivity contribution in [3.63, 3.8) is 0 Å². The van der Waals surface area contributed by atoms with Gasteiger partial charge < -0.3 is 4.52 Å². The molecule has 0 saturated carbocycles. The van der Waals surface area contributed by atoms with E-state index >= 15 is 0 Å². The van der Waals surface area contributed by atoms with Gasteiger partial charge >= 0.3 is 0 Å². The van der Waals surface area contributed by atoms with Gasteiger partial charge in [0.15, 0.2) is 0 Å². The topological polar surface area (TPSA) is 29.5 Å². The van der Waals surface area contributed by atoms with Crippen LogP contribution in [0.15, 0.2) is 0 Å². The van der Waals surface area contributed by atoms with E-state index in [0.717, 1.165) is 0 Å². The maximum atomic E-state index is 11.0. The fourth-order valence-corrected chi connectivity index (χ4v) is 0.490. The van der Waals surface area contributed by atoms with Crippen LogP contribution in [0.3, 0.4) is 0 Å². The standard InChI is InChI=1S/C4H12NO2P/c1-5(2)8(4,6)7-3/h1-4H3/t8-/m0/s1. The Balaban J connectivity index is 3.93. The lowest BCUT2D eigenvalue weighted by Crippen LogP contribution is -2.07. The van der Waals surface area contributed by atoms with Crippen molar-refractivity contribution in [2.75, 3.05) is 27.9 Å². The molecule has 0 saturated heterocycles. The molecule has 1 atom stereocenters. The summed E-state index contributed by atoms with van der Waals surface area (Å²) >= 11 is 0. The van der Waals surface area contributed by atoms with Gasteiger partial charge in [0.2, 0.25) is 0 Å². The third-order valence-electron chi connectivity index (χ3n) is 1.07. The zero-order valence-corrected chi connectivity index (χ0v) is 6.61. The van der Waals surface area contributed by atoms with Crippen molar-refractivity contribution >= 4 is 7.52 Å². The van der Waals surface area contributed by atoms with Crippen LogP contribution in [-0.2, 0) is 9.09 Å². The van der Waals surface area contributed by atoms with Gasteiger partial charge in [0, 0.05) is 13.8 Å². The quantitative estimate of drug-likeness (QED) is 0.532. The van der Waals surface area contributed by atoms with Gasteiger partial charge in [0.05, 0.1) is 0 Å². The van der Waals surface area contributed by atoms with Crippen molar-refractivity contribution in [2.45, 2.75) is 0 Å². The van der Waals surface area contributed by atoms with E-state index in [1.807, 2.05) is 0 Å². The Labute approximate surface area is 50.1 Å². The van der Waals surface area contributed by atoms with Crippen LogP contribution in [-0.4, -0.2) is 32.5 Å². The minimum atomic E-state index is -2.41. The van der Waals surface area contributed by atoms with Crippen LogP contribution in [0, 0.1) is 0 Å². The number of rotatable bonds is 2. The van der Waals surface area contributed by atoms with Crippen LogP contribution in [0.25, 0.3) is 0 Å². The van der Waals surface area contributed by atoms with E-state index in [9.17, 15) is 4.57 Å². The van der Waals surface area contributed by atoms with Gasteiger partial charge in [0.25, 0.3) is 7.52 Å². The molecule has 0 aliphatic carbocycles. The molecule has 0 aliphatic heterocycles. The van der Waals surface area contributed by atoms with Gasteiger partial charge in [-0.1, -0.05) is 0 Å². The van der Waals surface area contributed by atoms with E-state index in [2.05, 4.69) is 4.52 Å². The average Bonchev–Trinajstić information content (AvgIpc) is 1.67. The van der Waals surface area contributed by atoms with Crippen LogP contribution in [0.2, 0.25) is 0 Å². The molecule has 0 N–H and O–H groups in total. The van der Waals surface area contributed by atoms with Crippen molar-refractivity contribution in [3.05, 3.63) is 0 Å². The van der Waals surface area contributed by atoms with Gasteiger partial charge in [-0.3, -0.25) is 4.57 Å². The van der Waals surface area contributed by atoms with Crippen LogP contribution >= 0.6 is 7.52 Å². The predicted molar refractivity (Wildman–Crippen MR) is 34.2 cm³/mol. The molecule has 0 rings (SSSR count). The van der Waals surface area contributed by atoms with E-state index in [4.69, 9.17) is 0 Å². The Kier molecular flexibility index (Phi) is 2.67. The Morgan fingerprint density at radius 3 is 1.88 bits per heavy atom. The Bertz CT molecular complexity index is 113. The summed E-state index contributed by atoms with van der Waals surface area (Å²) < 4.78 is 17.2. The maximum absolute atomic E-state index is 11.0. The SMILES string of the molecule is CO[P@](C)(=O)N(C)C. The van der Waals surface area contributed by atoms with Gasteiger partial charge in [-0.15, -0.1) is 0 Å². The monoisotopic (exact) mass is 137 g/mol. The van der Waals surface area contributed by atoms with Gasteiger partial charge in [-0.2, -0.15) is 0 Å². The minimum absolute atomic E-state index is 1.45. The molecule has 0 aromatic rings. The third-order valence-corrected chi connectivity index (χ3v) is 3.20. The summed E-state index contributed by atoms with van der Waals surface area (Å²) in [7, 11) is 2.49. The molecule has 0 fully saturated rings. The highest BCUT2D eigenvalue weighted by atomic mass is 31.2. The summed E-state index contributed by atoms with van der Waals surface area (Å²) in [6.45, 7) is 1.58. The summed E-state index contributed by atoms with van der Waals surface area (Å²) in [5, 5.41) is 0. The van der Waals surface area contributed by atoms with E-state index in [-0.39, 0.29) is 0 Å². The van der Waals surface area contributed by atoms with Crippen molar-refractivity contribution in [2.24, 2.45) is 0 Å². The first kappa shape index (κ1) is 8.15. The molecule has 0 aliphatic rings. The molecular weight excluding hydrogens is 125 g/mol. The second-order valence-electron chi connectivity index (χ2n) is 1.83. The van der Waals surface area contributed by atoms with Crippen molar-refractivity contribution in [3.8, 4) is 0 Å². The Hall–Kier alpha value is 0.150. The molecule has 0 aromatic carbocycles. The molecule has 50 valence electrons. The highest BCUT2D eigenvalue weighted by molar-refractivity contribution is 7.55. The molecule has 0 radical (unpaired) electrons. The Morgan fingerprint density at radius 1 is 1.50 bits per heavy atom. The smallest absolute Gasteiger partial charge is 0.268 e. The highest BCUT2D eigenvalue weighted by Gasteiger charge is 2.15. The van der Waals surface area contributed by atoms with Crippen molar-refractivity contribution in [1.29, 1.82) is 0 Å². The molecular formula is C4H12NO2P. The van der Waals surface area contributed by atoms with E-state index in [0.29, 0.717) is 0 Å². The second kappa shape index (κ2) is 2.62.